The molecule has 1 aromatic heterocycles. The first-order valence-electron chi connectivity index (χ1n) is 11.7. The molecule has 0 bridgehead atoms. The van der Waals surface area contributed by atoms with E-state index in [1.54, 1.807) is 62.9 Å². The van der Waals surface area contributed by atoms with Crippen LogP contribution in [0.2, 0.25) is 0 Å². The first-order valence-corrected chi connectivity index (χ1v) is 13.1. The fourth-order valence-electron chi connectivity index (χ4n) is 3.86. The van der Waals surface area contributed by atoms with Crippen molar-refractivity contribution in [3.63, 3.8) is 0 Å². The standard InChI is InChI=1S/C25H34N4O6S/c1-18-8-7-9-22(14-18)29(17-21-11-10-20(15-26-21)23(30)34-6)36(32,33)27-12-13-28(19(2)16-27)24(31)35-25(3,4)5/h7-11,14-15,19H,12-13,16-17H2,1-6H3. The summed E-state index contributed by atoms with van der Waals surface area (Å²) >= 11 is 0. The Morgan fingerprint density at radius 3 is 2.44 bits per heavy atom. The second-order valence-corrected chi connectivity index (χ2v) is 11.6. The van der Waals surface area contributed by atoms with Gasteiger partial charge in [0.2, 0.25) is 0 Å². The Morgan fingerprint density at radius 2 is 1.89 bits per heavy atom. The van der Waals surface area contributed by atoms with Crippen LogP contribution >= 0.6 is 0 Å². The maximum atomic E-state index is 13.9. The SMILES string of the molecule is COC(=O)c1ccc(CN(c2cccc(C)c2)S(=O)(=O)N2CCN(C(=O)OC(C)(C)C)C(C)C2)nc1. The highest BCUT2D eigenvalue weighted by atomic mass is 32.2. The number of piperazine rings is 1. The van der Waals surface area contributed by atoms with E-state index in [-0.39, 0.29) is 37.8 Å². The Balaban J connectivity index is 1.86. The van der Waals surface area contributed by atoms with Crippen LogP contribution in [0.15, 0.2) is 42.6 Å². The molecule has 11 heteroatoms. The molecule has 2 aromatic rings. The summed E-state index contributed by atoms with van der Waals surface area (Å²) in [4.78, 5) is 30.2. The number of methoxy groups -OCH3 is 1. The molecule has 0 N–H and O–H groups in total. The molecule has 1 saturated heterocycles. The van der Waals surface area contributed by atoms with Crippen molar-refractivity contribution in [1.29, 1.82) is 0 Å². The monoisotopic (exact) mass is 518 g/mol. The van der Waals surface area contributed by atoms with E-state index in [9.17, 15) is 18.0 Å². The van der Waals surface area contributed by atoms with Crippen LogP contribution in [0.4, 0.5) is 10.5 Å². The molecule has 3 rings (SSSR count). The lowest BCUT2D eigenvalue weighted by Gasteiger charge is -2.41. The zero-order chi connectivity index (χ0) is 26.7. The molecule has 1 fully saturated rings. The molecule has 2 heterocycles. The van der Waals surface area contributed by atoms with Crippen molar-refractivity contribution >= 4 is 28.0 Å². The molecule has 1 aliphatic rings. The molecule has 0 radical (unpaired) electrons. The molecule has 1 aliphatic heterocycles. The third-order valence-corrected chi connectivity index (χ3v) is 7.55. The highest BCUT2D eigenvalue weighted by Gasteiger charge is 2.38. The minimum Gasteiger partial charge on any atom is -0.465 e. The average molecular weight is 519 g/mol. The van der Waals surface area contributed by atoms with E-state index in [1.165, 1.54) is 21.9 Å². The predicted molar refractivity (Wildman–Crippen MR) is 136 cm³/mol. The largest absolute Gasteiger partial charge is 0.465 e. The molecule has 10 nitrogen and oxygen atoms in total. The van der Waals surface area contributed by atoms with E-state index in [1.807, 2.05) is 13.0 Å². The summed E-state index contributed by atoms with van der Waals surface area (Å²) in [7, 11) is -2.70. The Hall–Kier alpha value is -3.18. The smallest absolute Gasteiger partial charge is 0.410 e. The lowest BCUT2D eigenvalue weighted by molar-refractivity contribution is 0.00855. The number of rotatable bonds is 6. The molecular formula is C25H34N4O6S. The fraction of sp³-hybridized carbons (Fsp3) is 0.480. The lowest BCUT2D eigenvalue weighted by Crippen LogP contribution is -2.58. The number of ether oxygens (including phenoxy) is 2. The summed E-state index contributed by atoms with van der Waals surface area (Å²) in [5, 5.41) is 0. The minimum atomic E-state index is -3.98. The number of benzene rings is 1. The molecule has 1 aromatic carbocycles. The number of nitrogens with zero attached hydrogens (tertiary/aromatic N) is 4. The highest BCUT2D eigenvalue weighted by molar-refractivity contribution is 7.90. The van der Waals surface area contributed by atoms with Gasteiger partial charge in [-0.15, -0.1) is 0 Å². The van der Waals surface area contributed by atoms with Gasteiger partial charge in [-0.25, -0.2) is 9.59 Å². The average Bonchev–Trinajstić information content (AvgIpc) is 2.81. The van der Waals surface area contributed by atoms with Gasteiger partial charge in [-0.2, -0.15) is 12.7 Å². The van der Waals surface area contributed by atoms with Crippen LogP contribution in [0.5, 0.6) is 0 Å². The number of esters is 1. The number of hydrogen-bond acceptors (Lipinski definition) is 7. The first kappa shape index (κ1) is 27.4. The van der Waals surface area contributed by atoms with Crippen LogP contribution in [0.1, 0.15) is 49.3 Å². The first-order chi connectivity index (χ1) is 16.8. The third kappa shape index (κ3) is 6.52. The van der Waals surface area contributed by atoms with Crippen LogP contribution in [0.25, 0.3) is 0 Å². The summed E-state index contributed by atoms with van der Waals surface area (Å²) in [6.45, 7) is 9.50. The van der Waals surface area contributed by atoms with Crippen LogP contribution in [0.3, 0.4) is 0 Å². The highest BCUT2D eigenvalue weighted by Crippen LogP contribution is 2.26. The maximum Gasteiger partial charge on any atom is 0.410 e. The van der Waals surface area contributed by atoms with Gasteiger partial charge in [0.15, 0.2) is 0 Å². The van der Waals surface area contributed by atoms with Crippen molar-refractivity contribution in [3.8, 4) is 0 Å². The van der Waals surface area contributed by atoms with Gasteiger partial charge in [-0.05, 0) is 64.4 Å². The van der Waals surface area contributed by atoms with Gasteiger partial charge in [-0.3, -0.25) is 9.29 Å². The third-order valence-electron chi connectivity index (χ3n) is 5.66. The van der Waals surface area contributed by atoms with Crippen molar-refractivity contribution in [1.82, 2.24) is 14.2 Å². The summed E-state index contributed by atoms with van der Waals surface area (Å²) in [5.74, 6) is -0.519. The van der Waals surface area contributed by atoms with E-state index >= 15 is 0 Å². The summed E-state index contributed by atoms with van der Waals surface area (Å²) in [6, 6.07) is 9.99. The molecular weight excluding hydrogens is 484 g/mol. The van der Waals surface area contributed by atoms with Crippen molar-refractivity contribution in [2.75, 3.05) is 31.0 Å². The van der Waals surface area contributed by atoms with E-state index < -0.39 is 27.9 Å². The lowest BCUT2D eigenvalue weighted by atomic mass is 10.2. The summed E-state index contributed by atoms with van der Waals surface area (Å²) < 4.78 is 40.6. The quantitative estimate of drug-likeness (QED) is 0.539. The number of aromatic nitrogens is 1. The van der Waals surface area contributed by atoms with E-state index in [0.717, 1.165) is 5.56 Å². The van der Waals surface area contributed by atoms with Crippen molar-refractivity contribution in [2.24, 2.45) is 0 Å². The van der Waals surface area contributed by atoms with Crippen molar-refractivity contribution < 1.29 is 27.5 Å². The summed E-state index contributed by atoms with van der Waals surface area (Å²) in [5.41, 5.74) is 1.51. The Morgan fingerprint density at radius 1 is 1.17 bits per heavy atom. The van der Waals surface area contributed by atoms with Crippen LogP contribution < -0.4 is 4.31 Å². The van der Waals surface area contributed by atoms with Gasteiger partial charge in [0.1, 0.15) is 5.60 Å². The van der Waals surface area contributed by atoms with Gasteiger partial charge < -0.3 is 14.4 Å². The van der Waals surface area contributed by atoms with Crippen LogP contribution in [-0.4, -0.2) is 73.1 Å². The van der Waals surface area contributed by atoms with Gasteiger partial charge in [-0.1, -0.05) is 12.1 Å². The van der Waals surface area contributed by atoms with Gasteiger partial charge in [0.05, 0.1) is 30.6 Å². The Bertz CT molecular complexity index is 1190. The number of hydrogen-bond donors (Lipinski definition) is 0. The molecule has 0 aliphatic carbocycles. The molecule has 36 heavy (non-hydrogen) atoms. The number of amides is 1. The van der Waals surface area contributed by atoms with Gasteiger partial charge >= 0.3 is 22.3 Å². The molecule has 1 unspecified atom stereocenters. The van der Waals surface area contributed by atoms with E-state index in [2.05, 4.69) is 4.98 Å². The molecule has 0 saturated carbocycles. The molecule has 1 atom stereocenters. The molecule has 1 amide bonds. The van der Waals surface area contributed by atoms with Gasteiger partial charge in [0.25, 0.3) is 0 Å². The second-order valence-electron chi connectivity index (χ2n) is 9.76. The van der Waals surface area contributed by atoms with Crippen LogP contribution in [0, 0.1) is 6.92 Å². The fourth-order valence-corrected chi connectivity index (χ4v) is 5.53. The summed E-state index contributed by atoms with van der Waals surface area (Å²) in [6.07, 6.45) is 0.904. The number of carbonyl (C=O) groups is 2. The second kappa shape index (κ2) is 10.8. The Kier molecular flexibility index (Phi) is 8.25. The van der Waals surface area contributed by atoms with Crippen molar-refractivity contribution in [3.05, 3.63) is 59.4 Å². The normalized spacial score (nSPS) is 16.9. The number of anilines is 1. The zero-order valence-electron chi connectivity index (χ0n) is 21.6. The number of pyridine rings is 1. The minimum absolute atomic E-state index is 0.0338. The Labute approximate surface area is 213 Å². The van der Waals surface area contributed by atoms with Gasteiger partial charge in [0, 0.05) is 31.9 Å². The van der Waals surface area contributed by atoms with Crippen molar-refractivity contribution in [2.45, 2.75) is 52.8 Å². The predicted octanol–water partition coefficient (Wildman–Crippen LogP) is 3.37. The van der Waals surface area contributed by atoms with E-state index in [4.69, 9.17) is 9.47 Å². The maximum absolute atomic E-state index is 13.9. The van der Waals surface area contributed by atoms with E-state index in [0.29, 0.717) is 11.4 Å². The molecule has 0 spiro atoms. The zero-order valence-corrected chi connectivity index (χ0v) is 22.4. The topological polar surface area (TPSA) is 109 Å². The van der Waals surface area contributed by atoms with Crippen LogP contribution in [-0.2, 0) is 26.2 Å². The number of aryl methyl sites for hydroxylation is 1. The number of carbonyl (C=O) groups excluding carboxylic acids is 2. The molecule has 196 valence electrons.